The van der Waals surface area contributed by atoms with Crippen LogP contribution >= 0.6 is 0 Å². The summed E-state index contributed by atoms with van der Waals surface area (Å²) in [5, 5.41) is 7.62. The van der Waals surface area contributed by atoms with E-state index in [9.17, 15) is 14.4 Å². The Morgan fingerprint density at radius 2 is 0.984 bits per heavy atom. The van der Waals surface area contributed by atoms with Gasteiger partial charge < -0.3 is 43.7 Å². The molecule has 3 aromatic carbocycles. The van der Waals surface area contributed by atoms with Crippen molar-refractivity contribution in [3.8, 4) is 46.4 Å². The molecular formula is C41H43N11O9. The van der Waals surface area contributed by atoms with Crippen LogP contribution in [-0.2, 0) is 0 Å². The van der Waals surface area contributed by atoms with Gasteiger partial charge in [-0.25, -0.2) is 19.9 Å². The fourth-order valence-electron chi connectivity index (χ4n) is 6.43. The molecule has 0 fully saturated rings. The SMILES string of the molecule is COc1nc2cc(C)c(C)c(-c3nc(C)no3)c2nc1OC.COc1nc2cc(C)c(C)c(C(N)=O)c2nc1OC.Cc1noc(-c2c(C)c(C)cc3[nH]c(=O)c(=O)[nH]c23)n1. The minimum Gasteiger partial charge on any atom is -0.477 e. The summed E-state index contributed by atoms with van der Waals surface area (Å²) in [5.74, 6) is 2.42. The third kappa shape index (κ3) is 8.27. The number of benzene rings is 3. The minimum atomic E-state index is -0.710. The van der Waals surface area contributed by atoms with E-state index in [1.54, 1.807) is 19.9 Å². The van der Waals surface area contributed by atoms with E-state index in [2.05, 4.69) is 50.2 Å². The third-order valence-corrected chi connectivity index (χ3v) is 9.88. The highest BCUT2D eigenvalue weighted by Crippen LogP contribution is 2.35. The van der Waals surface area contributed by atoms with Gasteiger partial charge in [-0.05, 0) is 107 Å². The quantitative estimate of drug-likeness (QED) is 0.175. The molecule has 0 saturated heterocycles. The number of rotatable bonds is 7. The lowest BCUT2D eigenvalue weighted by Crippen LogP contribution is -2.29. The van der Waals surface area contributed by atoms with Gasteiger partial charge in [0, 0.05) is 0 Å². The molecule has 5 aromatic heterocycles. The number of ether oxygens (including phenoxy) is 4. The van der Waals surface area contributed by atoms with Crippen molar-refractivity contribution < 1.29 is 32.8 Å². The molecule has 0 aliphatic carbocycles. The fourth-order valence-corrected chi connectivity index (χ4v) is 6.43. The highest BCUT2D eigenvalue weighted by atomic mass is 16.5. The Labute approximate surface area is 346 Å². The molecule has 8 rings (SSSR count). The average molecular weight is 834 g/mol. The first-order chi connectivity index (χ1) is 29.0. The maximum absolute atomic E-state index is 11.6. The number of carbonyl (C=O) groups is 1. The summed E-state index contributed by atoms with van der Waals surface area (Å²) in [6, 6.07) is 5.59. The van der Waals surface area contributed by atoms with E-state index in [1.807, 2.05) is 53.7 Å². The number of nitrogens with one attached hydrogen (secondary N) is 2. The molecule has 8 aromatic rings. The number of aryl methyl sites for hydroxylation is 5. The number of hydrogen-bond donors (Lipinski definition) is 3. The summed E-state index contributed by atoms with van der Waals surface area (Å²) in [6.07, 6.45) is 0. The fraction of sp³-hybridized carbons (Fsp3) is 0.293. The lowest BCUT2D eigenvalue weighted by molar-refractivity contribution is 0.100. The summed E-state index contributed by atoms with van der Waals surface area (Å²) >= 11 is 0. The van der Waals surface area contributed by atoms with E-state index in [0.29, 0.717) is 79.4 Å². The maximum Gasteiger partial charge on any atom is 0.314 e. The molecule has 0 aliphatic heterocycles. The average Bonchev–Trinajstić information content (AvgIpc) is 3.86. The second-order valence-electron chi connectivity index (χ2n) is 13.8. The van der Waals surface area contributed by atoms with E-state index < -0.39 is 17.0 Å². The Kier molecular flexibility index (Phi) is 12.1. The van der Waals surface area contributed by atoms with Crippen LogP contribution in [0.5, 0.6) is 23.5 Å². The number of hydrogen-bond acceptors (Lipinski definition) is 17. The Morgan fingerprint density at radius 3 is 1.48 bits per heavy atom. The number of primary amides is 1. The van der Waals surface area contributed by atoms with Gasteiger partial charge in [0.1, 0.15) is 11.0 Å². The van der Waals surface area contributed by atoms with E-state index in [-0.39, 0.29) is 11.8 Å². The van der Waals surface area contributed by atoms with Crippen LogP contribution < -0.4 is 35.8 Å². The van der Waals surface area contributed by atoms with Crippen LogP contribution in [0.2, 0.25) is 0 Å². The van der Waals surface area contributed by atoms with Crippen LogP contribution in [0, 0.1) is 55.4 Å². The van der Waals surface area contributed by atoms with Crippen molar-refractivity contribution >= 4 is 39.0 Å². The van der Waals surface area contributed by atoms with Crippen molar-refractivity contribution in [1.82, 2.24) is 50.2 Å². The molecule has 61 heavy (non-hydrogen) atoms. The Bertz CT molecular complexity index is 3110. The number of carbonyl (C=O) groups excluding carboxylic acids is 1. The highest BCUT2D eigenvalue weighted by molar-refractivity contribution is 6.06. The van der Waals surface area contributed by atoms with Crippen molar-refractivity contribution in [3.63, 3.8) is 0 Å². The first kappa shape index (κ1) is 42.8. The monoisotopic (exact) mass is 833 g/mol. The van der Waals surface area contributed by atoms with Gasteiger partial charge in [-0.2, -0.15) is 9.97 Å². The lowest BCUT2D eigenvalue weighted by Gasteiger charge is -2.12. The van der Waals surface area contributed by atoms with Gasteiger partial charge in [-0.3, -0.25) is 14.4 Å². The zero-order valence-corrected chi connectivity index (χ0v) is 35.6. The molecule has 0 unspecified atom stereocenters. The van der Waals surface area contributed by atoms with Crippen molar-refractivity contribution in [3.05, 3.63) is 89.5 Å². The number of H-pyrrole nitrogens is 2. The van der Waals surface area contributed by atoms with Gasteiger partial charge in [0.2, 0.25) is 0 Å². The van der Waals surface area contributed by atoms with Gasteiger partial charge in [0.05, 0.1) is 67.2 Å². The molecule has 4 N–H and O–H groups in total. The molecule has 0 aliphatic rings. The normalized spacial score (nSPS) is 10.9. The molecule has 0 radical (unpaired) electrons. The maximum atomic E-state index is 11.6. The molecule has 0 atom stereocenters. The standard InChI is InChI=1S/C15H16N4O3.C13H12N4O3.C13H15N3O3/c1-7-6-10-12(18-15(21-5)14(17-10)20-4)11(8(7)2)13-16-9(3)19-22-13;1-5-4-8-10(16-12(19)11(18)15-8)9(6(5)2)13-14-7(3)17-20-13;1-6-5-8-10(9(7(6)2)11(14)17)16-13(19-4)12(15-8)18-3/h6H,1-5H3;4H,1-3H3,(H,15,18)(H,16,19);5H,1-4H3,(H2,14,17). The van der Waals surface area contributed by atoms with Crippen molar-refractivity contribution in [2.24, 2.45) is 5.73 Å². The van der Waals surface area contributed by atoms with Gasteiger partial charge in [-0.1, -0.05) is 10.3 Å². The molecule has 1 amide bonds. The number of nitrogens with zero attached hydrogens (tertiary/aromatic N) is 8. The summed E-state index contributed by atoms with van der Waals surface area (Å²) < 4.78 is 31.2. The van der Waals surface area contributed by atoms with E-state index in [4.69, 9.17) is 33.7 Å². The molecule has 20 nitrogen and oxygen atoms in total. The molecule has 316 valence electrons. The predicted octanol–water partition coefficient (Wildman–Crippen LogP) is 5.18. The first-order valence-corrected chi connectivity index (χ1v) is 18.5. The predicted molar refractivity (Wildman–Crippen MR) is 223 cm³/mol. The van der Waals surface area contributed by atoms with E-state index in [1.165, 1.54) is 28.4 Å². The first-order valence-electron chi connectivity index (χ1n) is 18.5. The van der Waals surface area contributed by atoms with Crippen molar-refractivity contribution in [2.45, 2.75) is 55.4 Å². The van der Waals surface area contributed by atoms with Gasteiger partial charge in [-0.15, -0.1) is 0 Å². The molecule has 5 heterocycles. The molecule has 0 bridgehead atoms. The number of fused-ring (bicyclic) bond motifs is 3. The number of aromatic nitrogens is 10. The van der Waals surface area contributed by atoms with Crippen LogP contribution in [0.4, 0.5) is 0 Å². The second-order valence-corrected chi connectivity index (χ2v) is 13.8. The minimum absolute atomic E-state index is 0.223. The van der Waals surface area contributed by atoms with Crippen LogP contribution in [0.3, 0.4) is 0 Å². The van der Waals surface area contributed by atoms with Crippen LogP contribution in [0.25, 0.3) is 56.0 Å². The Morgan fingerprint density at radius 1 is 0.557 bits per heavy atom. The van der Waals surface area contributed by atoms with Gasteiger partial charge in [0.25, 0.3) is 41.2 Å². The van der Waals surface area contributed by atoms with Gasteiger partial charge in [0.15, 0.2) is 11.6 Å². The summed E-state index contributed by atoms with van der Waals surface area (Å²) in [4.78, 5) is 65.8. The smallest absolute Gasteiger partial charge is 0.314 e. The van der Waals surface area contributed by atoms with E-state index >= 15 is 0 Å². The van der Waals surface area contributed by atoms with Crippen molar-refractivity contribution in [1.29, 1.82) is 0 Å². The Hall–Kier alpha value is -7.77. The largest absolute Gasteiger partial charge is 0.477 e. The van der Waals surface area contributed by atoms with Crippen LogP contribution in [0.1, 0.15) is 55.4 Å². The summed E-state index contributed by atoms with van der Waals surface area (Å²) in [6.45, 7) is 15.0. The number of methoxy groups -OCH3 is 4. The van der Waals surface area contributed by atoms with Crippen LogP contribution in [-0.4, -0.2) is 84.5 Å². The molecule has 20 heteroatoms. The van der Waals surface area contributed by atoms with Crippen LogP contribution in [0.15, 0.2) is 36.8 Å². The second kappa shape index (κ2) is 17.2. The van der Waals surface area contributed by atoms with Gasteiger partial charge >= 0.3 is 11.1 Å². The zero-order chi connectivity index (χ0) is 44.4. The summed E-state index contributed by atoms with van der Waals surface area (Å²) in [5.41, 5.74) is 14.8. The molecular weight excluding hydrogens is 791 g/mol. The third-order valence-electron chi connectivity index (χ3n) is 9.88. The zero-order valence-electron chi connectivity index (χ0n) is 35.6. The van der Waals surface area contributed by atoms with Crippen molar-refractivity contribution in [2.75, 3.05) is 28.4 Å². The highest BCUT2D eigenvalue weighted by Gasteiger charge is 2.22. The lowest BCUT2D eigenvalue weighted by atomic mass is 10.0. The number of amides is 1. The number of aromatic amines is 2. The summed E-state index contributed by atoms with van der Waals surface area (Å²) in [7, 11) is 6.00. The topological polar surface area (TPSA) is 275 Å². The Balaban J connectivity index is 0.000000154. The number of nitrogens with two attached hydrogens (primary N) is 1. The van der Waals surface area contributed by atoms with E-state index in [0.717, 1.165) is 38.9 Å². The molecule has 0 spiro atoms. The molecule has 0 saturated carbocycles.